The summed E-state index contributed by atoms with van der Waals surface area (Å²) in [6.07, 6.45) is 0.237. The van der Waals surface area contributed by atoms with Crippen LogP contribution in [0.15, 0.2) is 18.2 Å². The molecule has 1 aromatic rings. The molecule has 0 aliphatic heterocycles. The molecule has 0 fully saturated rings. The summed E-state index contributed by atoms with van der Waals surface area (Å²) in [6.45, 7) is 8.54. The number of nitrogens with two attached hydrogens (primary N) is 1. The van der Waals surface area contributed by atoms with Crippen LogP contribution in [0, 0.1) is 17.0 Å². The highest BCUT2D eigenvalue weighted by Crippen LogP contribution is 2.21. The lowest BCUT2D eigenvalue weighted by Crippen LogP contribution is -2.41. The molecule has 0 aliphatic carbocycles. The van der Waals surface area contributed by atoms with Gasteiger partial charge in [-0.2, -0.15) is 0 Å². The zero-order valence-electron chi connectivity index (χ0n) is 13.1. The van der Waals surface area contributed by atoms with Crippen molar-refractivity contribution in [1.82, 2.24) is 4.90 Å². The number of benzene rings is 1. The molecule has 0 saturated carbocycles. The van der Waals surface area contributed by atoms with Gasteiger partial charge in [0.2, 0.25) is 5.91 Å². The van der Waals surface area contributed by atoms with Crippen LogP contribution in [0.3, 0.4) is 0 Å². The molecule has 21 heavy (non-hydrogen) atoms. The Kier molecular flexibility index (Phi) is 5.84. The number of carbonyl (C=O) groups is 1. The number of carbonyl (C=O) groups excluding carboxylic acids is 1. The molecule has 0 spiro atoms. The zero-order valence-corrected chi connectivity index (χ0v) is 13.1. The van der Waals surface area contributed by atoms with Crippen molar-refractivity contribution in [2.75, 3.05) is 6.54 Å². The fraction of sp³-hybridized carbons (Fsp3) is 0.562. The quantitative estimate of drug-likeness (QED) is 0.908. The van der Waals surface area contributed by atoms with E-state index in [2.05, 4.69) is 0 Å². The summed E-state index contributed by atoms with van der Waals surface area (Å²) >= 11 is 0. The summed E-state index contributed by atoms with van der Waals surface area (Å²) in [4.78, 5) is 13.9. The van der Waals surface area contributed by atoms with Gasteiger partial charge in [-0.05, 0) is 30.0 Å². The average molecular weight is 298 g/mol. The summed E-state index contributed by atoms with van der Waals surface area (Å²) in [6, 6.07) is 3.43. The Bertz CT molecular complexity index is 498. The van der Waals surface area contributed by atoms with Gasteiger partial charge in [0.15, 0.2) is 11.6 Å². The molecule has 0 aromatic heterocycles. The lowest BCUT2D eigenvalue weighted by molar-refractivity contribution is -0.132. The van der Waals surface area contributed by atoms with E-state index >= 15 is 0 Å². The third kappa shape index (κ3) is 5.08. The number of hydrogen-bond acceptors (Lipinski definition) is 2. The van der Waals surface area contributed by atoms with Gasteiger partial charge in [0.1, 0.15) is 0 Å². The van der Waals surface area contributed by atoms with Crippen molar-refractivity contribution in [3.05, 3.63) is 35.4 Å². The highest BCUT2D eigenvalue weighted by atomic mass is 19.2. The predicted octanol–water partition coefficient (Wildman–Crippen LogP) is 3.08. The minimum atomic E-state index is -0.901. The van der Waals surface area contributed by atoms with Gasteiger partial charge in [-0.3, -0.25) is 4.79 Å². The largest absolute Gasteiger partial charge is 0.339 e. The molecule has 0 saturated heterocycles. The third-order valence-electron chi connectivity index (χ3n) is 3.60. The maximum absolute atomic E-state index is 13.2. The van der Waals surface area contributed by atoms with E-state index in [4.69, 9.17) is 5.73 Å². The van der Waals surface area contributed by atoms with E-state index in [-0.39, 0.29) is 30.3 Å². The van der Waals surface area contributed by atoms with Crippen LogP contribution in [0.5, 0.6) is 0 Å². The van der Waals surface area contributed by atoms with Crippen LogP contribution >= 0.6 is 0 Å². The van der Waals surface area contributed by atoms with Gasteiger partial charge in [0, 0.05) is 25.6 Å². The van der Waals surface area contributed by atoms with E-state index in [0.717, 1.165) is 12.1 Å². The second kappa shape index (κ2) is 6.98. The number of halogens is 2. The standard InChI is InChI=1S/C16H24F2N2O/c1-5-20(15(21)9-14(19)16(2,3)4)10-11-6-7-12(17)13(18)8-11/h6-8,14H,5,9-10,19H2,1-4H3. The molecule has 118 valence electrons. The molecular formula is C16H24F2N2O. The van der Waals surface area contributed by atoms with Gasteiger partial charge in [-0.25, -0.2) is 8.78 Å². The second-order valence-corrected chi connectivity index (χ2v) is 6.33. The van der Waals surface area contributed by atoms with E-state index in [1.165, 1.54) is 6.07 Å². The molecule has 0 bridgehead atoms. The fourth-order valence-corrected chi connectivity index (χ4v) is 1.86. The van der Waals surface area contributed by atoms with Crippen molar-refractivity contribution in [2.24, 2.45) is 11.1 Å². The predicted molar refractivity (Wildman–Crippen MR) is 79.5 cm³/mol. The Balaban J connectivity index is 2.74. The van der Waals surface area contributed by atoms with Crippen molar-refractivity contribution in [2.45, 2.75) is 46.7 Å². The van der Waals surface area contributed by atoms with Gasteiger partial charge in [0.25, 0.3) is 0 Å². The molecule has 3 nitrogen and oxygen atoms in total. The second-order valence-electron chi connectivity index (χ2n) is 6.33. The van der Waals surface area contributed by atoms with Crippen LogP contribution in [0.2, 0.25) is 0 Å². The van der Waals surface area contributed by atoms with Gasteiger partial charge in [-0.15, -0.1) is 0 Å². The van der Waals surface area contributed by atoms with Gasteiger partial charge < -0.3 is 10.6 Å². The molecule has 1 aromatic carbocycles. The van der Waals surface area contributed by atoms with Crippen LogP contribution in [0.1, 0.15) is 39.7 Å². The fourth-order valence-electron chi connectivity index (χ4n) is 1.86. The van der Waals surface area contributed by atoms with Crippen molar-refractivity contribution in [3.8, 4) is 0 Å². The summed E-state index contributed by atoms with van der Waals surface area (Å²) in [5, 5.41) is 0. The average Bonchev–Trinajstić information content (AvgIpc) is 2.38. The normalized spacial score (nSPS) is 13.1. The number of amides is 1. The highest BCUT2D eigenvalue weighted by Gasteiger charge is 2.25. The Morgan fingerprint density at radius 3 is 2.38 bits per heavy atom. The molecule has 0 radical (unpaired) electrons. The van der Waals surface area contributed by atoms with E-state index in [0.29, 0.717) is 12.1 Å². The Labute approximate surface area is 125 Å². The minimum Gasteiger partial charge on any atom is -0.339 e. The third-order valence-corrected chi connectivity index (χ3v) is 3.60. The summed E-state index contributed by atoms with van der Waals surface area (Å²) in [7, 11) is 0. The SMILES string of the molecule is CCN(Cc1ccc(F)c(F)c1)C(=O)CC(N)C(C)(C)C. The van der Waals surface area contributed by atoms with Gasteiger partial charge >= 0.3 is 0 Å². The van der Waals surface area contributed by atoms with Crippen LogP contribution in [0.25, 0.3) is 0 Å². The van der Waals surface area contributed by atoms with Crippen LogP contribution in [0.4, 0.5) is 8.78 Å². The molecule has 1 atom stereocenters. The molecule has 1 amide bonds. The molecule has 0 aliphatic rings. The van der Waals surface area contributed by atoms with E-state index in [1.54, 1.807) is 4.90 Å². The summed E-state index contributed by atoms with van der Waals surface area (Å²) in [5.74, 6) is -1.87. The molecule has 1 rings (SSSR count). The number of nitrogens with zero attached hydrogens (tertiary/aromatic N) is 1. The molecule has 2 N–H and O–H groups in total. The first-order valence-electron chi connectivity index (χ1n) is 7.12. The molecular weight excluding hydrogens is 274 g/mol. The first-order valence-corrected chi connectivity index (χ1v) is 7.12. The smallest absolute Gasteiger partial charge is 0.224 e. The molecule has 5 heteroatoms. The lowest BCUT2D eigenvalue weighted by Gasteiger charge is -2.29. The number of rotatable bonds is 5. The van der Waals surface area contributed by atoms with Gasteiger partial charge in [0.05, 0.1) is 0 Å². The van der Waals surface area contributed by atoms with Gasteiger partial charge in [-0.1, -0.05) is 26.8 Å². The topological polar surface area (TPSA) is 46.3 Å². The van der Waals surface area contributed by atoms with E-state index < -0.39 is 11.6 Å². The van der Waals surface area contributed by atoms with Crippen molar-refractivity contribution in [1.29, 1.82) is 0 Å². The van der Waals surface area contributed by atoms with E-state index in [1.807, 2.05) is 27.7 Å². The maximum Gasteiger partial charge on any atom is 0.224 e. The van der Waals surface area contributed by atoms with Crippen LogP contribution in [-0.4, -0.2) is 23.4 Å². The molecule has 0 heterocycles. The number of hydrogen-bond donors (Lipinski definition) is 1. The van der Waals surface area contributed by atoms with Crippen molar-refractivity contribution < 1.29 is 13.6 Å². The Morgan fingerprint density at radius 1 is 1.29 bits per heavy atom. The van der Waals surface area contributed by atoms with E-state index in [9.17, 15) is 13.6 Å². The summed E-state index contributed by atoms with van der Waals surface area (Å²) in [5.41, 5.74) is 6.43. The first-order chi connectivity index (χ1) is 9.65. The van der Waals surface area contributed by atoms with Crippen molar-refractivity contribution in [3.63, 3.8) is 0 Å². The lowest BCUT2D eigenvalue weighted by atomic mass is 9.85. The summed E-state index contributed by atoms with van der Waals surface area (Å²) < 4.78 is 26.1. The first kappa shape index (κ1) is 17.6. The maximum atomic E-state index is 13.2. The minimum absolute atomic E-state index is 0.0790. The Hall–Kier alpha value is -1.49. The van der Waals surface area contributed by atoms with Crippen LogP contribution < -0.4 is 5.73 Å². The van der Waals surface area contributed by atoms with Crippen molar-refractivity contribution >= 4 is 5.91 Å². The zero-order chi connectivity index (χ0) is 16.2. The molecule has 1 unspecified atom stereocenters. The highest BCUT2D eigenvalue weighted by molar-refractivity contribution is 5.76. The monoisotopic (exact) mass is 298 g/mol. The van der Waals surface area contributed by atoms with Crippen LogP contribution in [-0.2, 0) is 11.3 Å². The Morgan fingerprint density at radius 2 is 1.90 bits per heavy atom.